The number of benzene rings is 1. The van der Waals surface area contributed by atoms with Crippen molar-refractivity contribution in [3.8, 4) is 0 Å². The molecule has 0 unspecified atom stereocenters. The van der Waals surface area contributed by atoms with Gasteiger partial charge in [-0.2, -0.15) is 0 Å². The van der Waals surface area contributed by atoms with Crippen molar-refractivity contribution in [1.82, 2.24) is 4.90 Å². The summed E-state index contributed by atoms with van der Waals surface area (Å²) >= 11 is 0. The first-order valence-electron chi connectivity index (χ1n) is 7.30. The molecule has 1 amide bonds. The van der Waals surface area contributed by atoms with E-state index >= 15 is 0 Å². The first kappa shape index (κ1) is 16.2. The van der Waals surface area contributed by atoms with E-state index in [0.717, 1.165) is 5.56 Å². The van der Waals surface area contributed by atoms with Gasteiger partial charge in [-0.3, -0.25) is 9.59 Å². The average molecular weight is 305 g/mol. The molecule has 0 bridgehead atoms. The van der Waals surface area contributed by atoms with E-state index in [2.05, 4.69) is 0 Å². The Labute approximate surface area is 129 Å². The number of aliphatic hydroxyl groups excluding tert-OH is 1. The molecule has 0 fully saturated rings. The van der Waals surface area contributed by atoms with E-state index in [-0.39, 0.29) is 29.6 Å². The van der Waals surface area contributed by atoms with Crippen LogP contribution < -0.4 is 0 Å². The molecule has 5 heteroatoms. The van der Waals surface area contributed by atoms with Gasteiger partial charge in [0.15, 0.2) is 5.78 Å². The number of hydrogen-bond donors (Lipinski definition) is 1. The van der Waals surface area contributed by atoms with E-state index in [1.807, 2.05) is 13.8 Å². The number of ketones is 1. The van der Waals surface area contributed by atoms with Crippen LogP contribution in [0.5, 0.6) is 0 Å². The third-order valence-corrected chi connectivity index (χ3v) is 3.74. The SMILES string of the molecule is CC(=O)C1=C(O)[C@H](CC(C)C)N(Cc2ccc(F)cc2)C1=O. The van der Waals surface area contributed by atoms with Crippen LogP contribution in [0.3, 0.4) is 0 Å². The molecule has 22 heavy (non-hydrogen) atoms. The van der Waals surface area contributed by atoms with Gasteiger partial charge in [-0.25, -0.2) is 4.39 Å². The highest BCUT2D eigenvalue weighted by Crippen LogP contribution is 2.30. The van der Waals surface area contributed by atoms with Crippen molar-refractivity contribution in [3.05, 3.63) is 47.0 Å². The largest absolute Gasteiger partial charge is 0.509 e. The van der Waals surface area contributed by atoms with Gasteiger partial charge >= 0.3 is 0 Å². The summed E-state index contributed by atoms with van der Waals surface area (Å²) in [5.74, 6) is -1.13. The van der Waals surface area contributed by atoms with Crippen molar-refractivity contribution in [3.63, 3.8) is 0 Å². The number of halogens is 1. The minimum absolute atomic E-state index is 0.132. The summed E-state index contributed by atoms with van der Waals surface area (Å²) in [6, 6.07) is 5.34. The van der Waals surface area contributed by atoms with Gasteiger partial charge in [0.25, 0.3) is 5.91 Å². The monoisotopic (exact) mass is 305 g/mol. The number of hydrogen-bond acceptors (Lipinski definition) is 3. The van der Waals surface area contributed by atoms with Gasteiger partial charge in [-0.1, -0.05) is 26.0 Å². The lowest BCUT2D eigenvalue weighted by Gasteiger charge is -2.26. The Hall–Kier alpha value is -2.17. The molecule has 0 saturated heterocycles. The minimum atomic E-state index is -0.503. The molecule has 0 spiro atoms. The second-order valence-corrected chi connectivity index (χ2v) is 6.02. The molecule has 118 valence electrons. The highest BCUT2D eigenvalue weighted by Gasteiger charge is 2.41. The fraction of sp³-hybridized carbons (Fsp3) is 0.412. The van der Waals surface area contributed by atoms with Gasteiger partial charge < -0.3 is 10.0 Å². The number of carbonyl (C=O) groups is 2. The molecule has 1 heterocycles. The number of Topliss-reactive ketones (excluding diaryl/α,β-unsaturated/α-hetero) is 1. The Bertz CT molecular complexity index is 619. The molecule has 1 aliphatic heterocycles. The maximum absolute atomic E-state index is 13.0. The lowest BCUT2D eigenvalue weighted by molar-refractivity contribution is -0.129. The Morgan fingerprint density at radius 1 is 1.32 bits per heavy atom. The standard InChI is InChI=1S/C17H20FNO3/c1-10(2)8-14-16(21)15(11(3)20)17(22)19(14)9-12-4-6-13(18)7-5-12/h4-7,10,14,21H,8-9H2,1-3H3/t14-/m0/s1. The zero-order valence-electron chi connectivity index (χ0n) is 13.0. The molecule has 1 N–H and O–H groups in total. The molecule has 2 rings (SSSR count). The van der Waals surface area contributed by atoms with E-state index in [1.54, 1.807) is 12.1 Å². The van der Waals surface area contributed by atoms with Crippen LogP contribution in [-0.2, 0) is 16.1 Å². The molecule has 1 aliphatic rings. The lowest BCUT2D eigenvalue weighted by Crippen LogP contribution is -2.36. The van der Waals surface area contributed by atoms with Crippen LogP contribution in [0.4, 0.5) is 4.39 Å². The van der Waals surface area contributed by atoms with Crippen molar-refractivity contribution >= 4 is 11.7 Å². The summed E-state index contributed by atoms with van der Waals surface area (Å²) in [4.78, 5) is 25.5. The Kier molecular flexibility index (Phi) is 4.64. The molecule has 0 aliphatic carbocycles. The third kappa shape index (κ3) is 3.18. The number of nitrogens with zero attached hydrogens (tertiary/aromatic N) is 1. The number of aliphatic hydroxyl groups is 1. The van der Waals surface area contributed by atoms with Crippen LogP contribution in [0.25, 0.3) is 0 Å². The topological polar surface area (TPSA) is 57.6 Å². The van der Waals surface area contributed by atoms with Gasteiger partial charge in [0.2, 0.25) is 0 Å². The fourth-order valence-electron chi connectivity index (χ4n) is 2.69. The highest BCUT2D eigenvalue weighted by molar-refractivity contribution is 6.20. The van der Waals surface area contributed by atoms with E-state index < -0.39 is 17.7 Å². The van der Waals surface area contributed by atoms with E-state index in [9.17, 15) is 19.1 Å². The second-order valence-electron chi connectivity index (χ2n) is 6.02. The van der Waals surface area contributed by atoms with Crippen LogP contribution in [0.2, 0.25) is 0 Å². The maximum atomic E-state index is 13.0. The zero-order valence-corrected chi connectivity index (χ0v) is 13.0. The summed E-state index contributed by atoms with van der Waals surface area (Å²) in [7, 11) is 0. The van der Waals surface area contributed by atoms with Crippen molar-refractivity contribution in [2.45, 2.75) is 39.8 Å². The molecule has 1 atom stereocenters. The Balaban J connectivity index is 2.30. The molecular formula is C17H20FNO3. The van der Waals surface area contributed by atoms with Crippen molar-refractivity contribution in [1.29, 1.82) is 0 Å². The lowest BCUT2D eigenvalue weighted by atomic mass is 10.0. The van der Waals surface area contributed by atoms with Gasteiger partial charge in [-0.15, -0.1) is 0 Å². The number of rotatable bonds is 5. The summed E-state index contributed by atoms with van der Waals surface area (Å²) in [6.07, 6.45) is 0.565. The van der Waals surface area contributed by atoms with E-state index in [4.69, 9.17) is 0 Å². The molecule has 4 nitrogen and oxygen atoms in total. The summed E-state index contributed by atoms with van der Waals surface area (Å²) in [5, 5.41) is 10.3. The zero-order chi connectivity index (χ0) is 16.4. The Morgan fingerprint density at radius 3 is 2.41 bits per heavy atom. The maximum Gasteiger partial charge on any atom is 0.261 e. The molecular weight excluding hydrogens is 285 g/mol. The summed E-state index contributed by atoms with van der Waals surface area (Å²) in [6.45, 7) is 5.48. The third-order valence-electron chi connectivity index (χ3n) is 3.74. The summed E-state index contributed by atoms with van der Waals surface area (Å²) in [5.41, 5.74) is 0.619. The van der Waals surface area contributed by atoms with Crippen LogP contribution in [0.1, 0.15) is 32.8 Å². The van der Waals surface area contributed by atoms with Crippen LogP contribution >= 0.6 is 0 Å². The van der Waals surface area contributed by atoms with Gasteiger partial charge in [0.05, 0.1) is 6.04 Å². The molecule has 0 aromatic heterocycles. The van der Waals surface area contributed by atoms with Gasteiger partial charge in [0, 0.05) is 6.54 Å². The number of carbonyl (C=O) groups excluding carboxylic acids is 2. The first-order valence-corrected chi connectivity index (χ1v) is 7.30. The molecule has 1 aromatic rings. The predicted molar refractivity (Wildman–Crippen MR) is 80.5 cm³/mol. The highest BCUT2D eigenvalue weighted by atomic mass is 19.1. The normalized spacial score (nSPS) is 18.5. The van der Waals surface area contributed by atoms with Gasteiger partial charge in [-0.05, 0) is 37.0 Å². The van der Waals surface area contributed by atoms with Crippen LogP contribution in [0, 0.1) is 11.7 Å². The average Bonchev–Trinajstić information content (AvgIpc) is 2.65. The van der Waals surface area contributed by atoms with Crippen LogP contribution in [-0.4, -0.2) is 27.7 Å². The van der Waals surface area contributed by atoms with Crippen molar-refractivity contribution < 1.29 is 19.1 Å². The summed E-state index contributed by atoms with van der Waals surface area (Å²) < 4.78 is 13.0. The number of amides is 1. The smallest absolute Gasteiger partial charge is 0.261 e. The Morgan fingerprint density at radius 2 is 1.91 bits per heavy atom. The van der Waals surface area contributed by atoms with Crippen molar-refractivity contribution in [2.24, 2.45) is 5.92 Å². The minimum Gasteiger partial charge on any atom is -0.509 e. The molecule has 1 aromatic carbocycles. The second kappa shape index (κ2) is 6.30. The van der Waals surface area contributed by atoms with Gasteiger partial charge in [0.1, 0.15) is 17.1 Å². The predicted octanol–water partition coefficient (Wildman–Crippen LogP) is 2.98. The quantitative estimate of drug-likeness (QED) is 0.851. The fourth-order valence-corrected chi connectivity index (χ4v) is 2.69. The van der Waals surface area contributed by atoms with E-state index in [0.29, 0.717) is 6.42 Å². The molecule has 0 saturated carbocycles. The van der Waals surface area contributed by atoms with Crippen molar-refractivity contribution in [2.75, 3.05) is 0 Å². The molecule has 0 radical (unpaired) electrons. The van der Waals surface area contributed by atoms with Crippen LogP contribution in [0.15, 0.2) is 35.6 Å². The van der Waals surface area contributed by atoms with E-state index in [1.165, 1.54) is 24.0 Å². The first-order chi connectivity index (χ1) is 10.3.